The normalized spacial score (nSPS) is 11.4. The summed E-state index contributed by atoms with van der Waals surface area (Å²) in [5.41, 5.74) is 0.814. The molecule has 0 aromatic heterocycles. The van der Waals surface area contributed by atoms with E-state index in [9.17, 15) is 17.6 Å². The lowest BCUT2D eigenvalue weighted by Crippen LogP contribution is -2.16. The van der Waals surface area contributed by atoms with Crippen LogP contribution < -0.4 is 9.64 Å². The van der Waals surface area contributed by atoms with Crippen molar-refractivity contribution >= 4 is 5.69 Å². The Morgan fingerprint density at radius 2 is 1.57 bits per heavy atom. The molecule has 0 radical (unpaired) electrons. The molecule has 0 amide bonds. The van der Waals surface area contributed by atoms with Crippen LogP contribution in [0.15, 0.2) is 66.7 Å². The Hall–Kier alpha value is -3.02. The van der Waals surface area contributed by atoms with E-state index in [1.807, 2.05) is 0 Å². The predicted octanol–water partition coefficient (Wildman–Crippen LogP) is 6.16. The predicted molar refractivity (Wildman–Crippen MR) is 102 cm³/mol. The zero-order chi connectivity index (χ0) is 20.3. The van der Waals surface area contributed by atoms with E-state index >= 15 is 0 Å². The van der Waals surface area contributed by atoms with E-state index < -0.39 is 11.7 Å². The van der Waals surface area contributed by atoms with Crippen molar-refractivity contribution in [3.8, 4) is 16.9 Å². The Morgan fingerprint density at radius 3 is 2.25 bits per heavy atom. The molecule has 0 saturated heterocycles. The molecule has 28 heavy (non-hydrogen) atoms. The van der Waals surface area contributed by atoms with E-state index in [0.29, 0.717) is 22.4 Å². The third-order valence-corrected chi connectivity index (χ3v) is 4.30. The number of hydrogen-bond donors (Lipinski definition) is 0. The van der Waals surface area contributed by atoms with E-state index in [-0.39, 0.29) is 18.1 Å². The second-order valence-electron chi connectivity index (χ2n) is 6.53. The van der Waals surface area contributed by atoms with Crippen molar-refractivity contribution in [3.05, 3.63) is 83.7 Å². The monoisotopic (exact) mass is 389 g/mol. The van der Waals surface area contributed by atoms with E-state index in [1.165, 1.54) is 17.0 Å². The average molecular weight is 389 g/mol. The molecule has 0 bridgehead atoms. The molecule has 146 valence electrons. The number of halogens is 4. The summed E-state index contributed by atoms with van der Waals surface area (Å²) in [5.74, 6) is 0.0822. The molecule has 0 aliphatic rings. The van der Waals surface area contributed by atoms with Crippen LogP contribution in [-0.4, -0.2) is 14.1 Å². The fourth-order valence-electron chi connectivity index (χ4n) is 2.87. The van der Waals surface area contributed by atoms with Gasteiger partial charge in [-0.1, -0.05) is 36.4 Å². The van der Waals surface area contributed by atoms with Gasteiger partial charge in [0.25, 0.3) is 0 Å². The topological polar surface area (TPSA) is 12.5 Å². The summed E-state index contributed by atoms with van der Waals surface area (Å²) < 4.78 is 59.7. The van der Waals surface area contributed by atoms with Gasteiger partial charge in [-0.15, -0.1) is 0 Å². The van der Waals surface area contributed by atoms with Gasteiger partial charge in [0.15, 0.2) is 0 Å². The van der Waals surface area contributed by atoms with Gasteiger partial charge in [-0.05, 0) is 41.5 Å². The van der Waals surface area contributed by atoms with Gasteiger partial charge in [-0.25, -0.2) is 4.39 Å². The van der Waals surface area contributed by atoms with Crippen LogP contribution in [0.1, 0.15) is 11.1 Å². The van der Waals surface area contributed by atoms with Crippen molar-refractivity contribution < 1.29 is 22.3 Å². The van der Waals surface area contributed by atoms with Gasteiger partial charge >= 0.3 is 6.18 Å². The highest BCUT2D eigenvalue weighted by Gasteiger charge is 2.34. The zero-order valence-corrected chi connectivity index (χ0v) is 15.4. The number of ether oxygens (including phenoxy) is 1. The number of benzene rings is 3. The van der Waals surface area contributed by atoms with Gasteiger partial charge in [0, 0.05) is 25.3 Å². The molecular formula is C22H19F4NO. The molecule has 0 N–H and O–H groups in total. The van der Waals surface area contributed by atoms with Crippen molar-refractivity contribution in [2.45, 2.75) is 12.8 Å². The molecule has 3 aromatic rings. The van der Waals surface area contributed by atoms with Crippen molar-refractivity contribution in [1.29, 1.82) is 0 Å². The number of rotatable bonds is 5. The van der Waals surface area contributed by atoms with Gasteiger partial charge in [0.1, 0.15) is 18.2 Å². The SMILES string of the molecule is CN(C)c1ccc(-c2cccc(OCc3ccccc3F)c2)cc1C(F)(F)F. The number of nitrogens with zero attached hydrogens (tertiary/aromatic N) is 1. The second kappa shape index (κ2) is 7.92. The molecule has 3 rings (SSSR count). The minimum absolute atomic E-state index is 0.0312. The van der Waals surface area contributed by atoms with Crippen LogP contribution >= 0.6 is 0 Å². The standard InChI is InChI=1S/C22H19F4NO/c1-27(2)21-11-10-16(13-19(21)22(24,25)26)15-7-5-8-18(12-15)28-14-17-6-3-4-9-20(17)23/h3-13H,14H2,1-2H3. The molecule has 0 atom stereocenters. The van der Waals surface area contributed by atoms with Crippen LogP contribution in [0.5, 0.6) is 5.75 Å². The lowest BCUT2D eigenvalue weighted by molar-refractivity contribution is -0.137. The van der Waals surface area contributed by atoms with E-state index in [4.69, 9.17) is 4.74 Å². The molecular weight excluding hydrogens is 370 g/mol. The molecule has 0 aliphatic heterocycles. The first-order valence-electron chi connectivity index (χ1n) is 8.61. The van der Waals surface area contributed by atoms with E-state index in [1.54, 1.807) is 62.6 Å². The number of alkyl halides is 3. The molecule has 3 aromatic carbocycles. The summed E-state index contributed by atoms with van der Waals surface area (Å²) >= 11 is 0. The third kappa shape index (κ3) is 4.44. The maximum Gasteiger partial charge on any atom is 0.418 e. The highest BCUT2D eigenvalue weighted by Crippen LogP contribution is 2.39. The van der Waals surface area contributed by atoms with Gasteiger partial charge < -0.3 is 9.64 Å². The lowest BCUT2D eigenvalue weighted by Gasteiger charge is -2.20. The van der Waals surface area contributed by atoms with Crippen molar-refractivity contribution in [2.24, 2.45) is 0 Å². The van der Waals surface area contributed by atoms with Crippen LogP contribution in [0, 0.1) is 5.82 Å². The van der Waals surface area contributed by atoms with Gasteiger partial charge in [0.2, 0.25) is 0 Å². The highest BCUT2D eigenvalue weighted by atomic mass is 19.4. The first kappa shape index (κ1) is 19.7. The summed E-state index contributed by atoms with van der Waals surface area (Å²) in [7, 11) is 3.14. The van der Waals surface area contributed by atoms with Gasteiger partial charge in [-0.3, -0.25) is 0 Å². The maximum atomic E-state index is 13.7. The molecule has 0 unspecified atom stereocenters. The Labute approximate surface area is 161 Å². The van der Waals surface area contributed by atoms with Crippen LogP contribution in [-0.2, 0) is 12.8 Å². The summed E-state index contributed by atoms with van der Waals surface area (Å²) in [6.07, 6.45) is -4.46. The Balaban J connectivity index is 1.88. The maximum absolute atomic E-state index is 13.7. The third-order valence-electron chi connectivity index (χ3n) is 4.30. The fraction of sp³-hybridized carbons (Fsp3) is 0.182. The molecule has 2 nitrogen and oxygen atoms in total. The van der Waals surface area contributed by atoms with Crippen molar-refractivity contribution in [1.82, 2.24) is 0 Å². The summed E-state index contributed by atoms with van der Waals surface area (Å²) in [6, 6.07) is 17.2. The lowest BCUT2D eigenvalue weighted by atomic mass is 10.0. The Bertz CT molecular complexity index is 967. The summed E-state index contributed by atoms with van der Waals surface area (Å²) in [5, 5.41) is 0. The van der Waals surface area contributed by atoms with Crippen LogP contribution in [0.2, 0.25) is 0 Å². The molecule has 6 heteroatoms. The molecule has 0 spiro atoms. The van der Waals surface area contributed by atoms with E-state index in [0.717, 1.165) is 6.07 Å². The van der Waals surface area contributed by atoms with Crippen molar-refractivity contribution in [3.63, 3.8) is 0 Å². The smallest absolute Gasteiger partial charge is 0.418 e. The van der Waals surface area contributed by atoms with Crippen molar-refractivity contribution in [2.75, 3.05) is 19.0 Å². The summed E-state index contributed by atoms with van der Waals surface area (Å²) in [4.78, 5) is 1.43. The molecule has 0 aliphatic carbocycles. The van der Waals surface area contributed by atoms with Crippen LogP contribution in [0.25, 0.3) is 11.1 Å². The van der Waals surface area contributed by atoms with Gasteiger partial charge in [-0.2, -0.15) is 13.2 Å². The average Bonchev–Trinajstić information content (AvgIpc) is 2.66. The Morgan fingerprint density at radius 1 is 0.857 bits per heavy atom. The minimum Gasteiger partial charge on any atom is -0.489 e. The highest BCUT2D eigenvalue weighted by molar-refractivity contribution is 5.70. The second-order valence-corrected chi connectivity index (χ2v) is 6.53. The largest absolute Gasteiger partial charge is 0.489 e. The number of hydrogen-bond acceptors (Lipinski definition) is 2. The quantitative estimate of drug-likeness (QED) is 0.485. The fourth-order valence-corrected chi connectivity index (χ4v) is 2.87. The summed E-state index contributed by atoms with van der Waals surface area (Å²) in [6.45, 7) is 0.0312. The minimum atomic E-state index is -4.46. The van der Waals surface area contributed by atoms with Gasteiger partial charge in [0.05, 0.1) is 5.56 Å². The first-order valence-corrected chi connectivity index (χ1v) is 8.61. The zero-order valence-electron chi connectivity index (χ0n) is 15.4. The molecule has 0 heterocycles. The van der Waals surface area contributed by atoms with E-state index in [2.05, 4.69) is 0 Å². The molecule has 0 saturated carbocycles. The number of anilines is 1. The van der Waals surface area contributed by atoms with Crippen LogP contribution in [0.3, 0.4) is 0 Å². The van der Waals surface area contributed by atoms with Crippen LogP contribution in [0.4, 0.5) is 23.2 Å². The Kier molecular flexibility index (Phi) is 5.58. The molecule has 0 fully saturated rings. The first-order chi connectivity index (χ1) is 13.3.